The zero-order valence-electron chi connectivity index (χ0n) is 11.4. The zero-order chi connectivity index (χ0) is 15.1. The molecule has 0 spiro atoms. The van der Waals surface area contributed by atoms with Gasteiger partial charge >= 0.3 is 5.97 Å². The first-order chi connectivity index (χ1) is 9.57. The summed E-state index contributed by atoms with van der Waals surface area (Å²) in [4.78, 5) is 11.5. The van der Waals surface area contributed by atoms with Crippen LogP contribution in [0.4, 0.5) is 0 Å². The maximum absolute atomic E-state index is 11.5. The van der Waals surface area contributed by atoms with Crippen LogP contribution in [-0.2, 0) is 9.53 Å². The summed E-state index contributed by atoms with van der Waals surface area (Å²) in [6.45, 7) is 1.87. The van der Waals surface area contributed by atoms with E-state index in [4.69, 9.17) is 31.1 Å². The van der Waals surface area contributed by atoms with Gasteiger partial charge in [-0.3, -0.25) is 0 Å². The number of nitrogens with zero attached hydrogens (tertiary/aromatic N) is 1. The molecular formula is C14H14ClNO4. The van der Waals surface area contributed by atoms with E-state index in [1.54, 1.807) is 25.1 Å². The van der Waals surface area contributed by atoms with Gasteiger partial charge in [-0.1, -0.05) is 11.6 Å². The Morgan fingerprint density at radius 1 is 1.40 bits per heavy atom. The molecule has 0 aliphatic rings. The number of carbonyl (C=O) groups excluding carboxylic acids is 1. The molecule has 0 fully saturated rings. The lowest BCUT2D eigenvalue weighted by molar-refractivity contribution is -0.137. The van der Waals surface area contributed by atoms with Crippen molar-refractivity contribution in [1.29, 1.82) is 5.26 Å². The molecule has 0 unspecified atom stereocenters. The molecule has 0 aromatic heterocycles. The lowest BCUT2D eigenvalue weighted by Gasteiger charge is -2.10. The standard InChI is InChI=1S/C14H14ClNO4/c1-4-20-14(17)10(8-16)5-9-6-11(15)13(19-3)12(7-9)18-2/h5-7H,4H2,1-3H3/b10-5+. The summed E-state index contributed by atoms with van der Waals surface area (Å²) in [5, 5.41) is 9.29. The monoisotopic (exact) mass is 295 g/mol. The van der Waals surface area contributed by atoms with Crippen LogP contribution >= 0.6 is 11.6 Å². The lowest BCUT2D eigenvalue weighted by atomic mass is 10.1. The van der Waals surface area contributed by atoms with Gasteiger partial charge in [0.1, 0.15) is 11.6 Å². The minimum atomic E-state index is -0.680. The van der Waals surface area contributed by atoms with Crippen LogP contribution in [0.25, 0.3) is 6.08 Å². The number of nitriles is 1. The van der Waals surface area contributed by atoms with Gasteiger partial charge in [-0.2, -0.15) is 5.26 Å². The maximum Gasteiger partial charge on any atom is 0.348 e. The predicted molar refractivity (Wildman–Crippen MR) is 74.8 cm³/mol. The first-order valence-corrected chi connectivity index (χ1v) is 6.15. The van der Waals surface area contributed by atoms with Crippen molar-refractivity contribution >= 4 is 23.6 Å². The maximum atomic E-state index is 11.5. The van der Waals surface area contributed by atoms with Crippen molar-refractivity contribution in [2.45, 2.75) is 6.92 Å². The summed E-state index contributed by atoms with van der Waals surface area (Å²) in [5.41, 5.74) is 0.424. The van der Waals surface area contributed by atoms with Gasteiger partial charge in [0.25, 0.3) is 0 Å². The highest BCUT2D eigenvalue weighted by molar-refractivity contribution is 6.32. The molecule has 0 radical (unpaired) electrons. The molecule has 20 heavy (non-hydrogen) atoms. The summed E-state index contributed by atoms with van der Waals surface area (Å²) >= 11 is 6.05. The number of hydrogen-bond acceptors (Lipinski definition) is 5. The Kier molecular flexibility index (Phi) is 5.88. The van der Waals surface area contributed by atoms with Gasteiger partial charge in [-0.05, 0) is 30.7 Å². The summed E-state index contributed by atoms with van der Waals surface area (Å²) in [7, 11) is 2.94. The first-order valence-electron chi connectivity index (χ1n) is 5.77. The Hall–Kier alpha value is -2.19. The molecule has 1 aromatic carbocycles. The number of carbonyl (C=O) groups is 1. The fourth-order valence-corrected chi connectivity index (χ4v) is 1.83. The molecule has 0 amide bonds. The van der Waals surface area contributed by atoms with Crippen LogP contribution in [0.15, 0.2) is 17.7 Å². The molecule has 1 rings (SSSR count). The third-order valence-electron chi connectivity index (χ3n) is 2.38. The number of esters is 1. The van der Waals surface area contributed by atoms with Gasteiger partial charge in [0, 0.05) is 0 Å². The Bertz CT molecular complexity index is 575. The topological polar surface area (TPSA) is 68.6 Å². The second-order valence-corrected chi connectivity index (χ2v) is 4.04. The molecule has 0 saturated heterocycles. The zero-order valence-corrected chi connectivity index (χ0v) is 12.2. The van der Waals surface area contributed by atoms with Crippen LogP contribution in [0.2, 0.25) is 5.02 Å². The molecule has 0 bridgehead atoms. The highest BCUT2D eigenvalue weighted by atomic mass is 35.5. The van der Waals surface area contributed by atoms with Gasteiger partial charge in [0.05, 0.1) is 25.8 Å². The molecule has 1 aromatic rings. The van der Waals surface area contributed by atoms with Crippen molar-refractivity contribution in [3.63, 3.8) is 0 Å². The molecule has 0 aliphatic heterocycles. The fourth-order valence-electron chi connectivity index (χ4n) is 1.53. The Labute approximate surface area is 122 Å². The Balaban J connectivity index is 3.23. The van der Waals surface area contributed by atoms with Crippen molar-refractivity contribution < 1.29 is 19.0 Å². The summed E-state index contributed by atoms with van der Waals surface area (Å²) < 4.78 is 15.0. The minimum absolute atomic E-state index is 0.116. The quantitative estimate of drug-likeness (QED) is 0.474. The highest BCUT2D eigenvalue weighted by Gasteiger charge is 2.13. The molecule has 0 aliphatic carbocycles. The third-order valence-corrected chi connectivity index (χ3v) is 2.66. The summed E-state index contributed by atoms with van der Waals surface area (Å²) in [6.07, 6.45) is 1.38. The average Bonchev–Trinajstić information content (AvgIpc) is 2.44. The lowest BCUT2D eigenvalue weighted by Crippen LogP contribution is -2.06. The number of rotatable bonds is 5. The summed E-state index contributed by atoms with van der Waals surface area (Å²) in [5.74, 6) is 0.120. The van der Waals surface area contributed by atoms with Crippen LogP contribution in [0.3, 0.4) is 0 Å². The number of hydrogen-bond donors (Lipinski definition) is 0. The second kappa shape index (κ2) is 7.41. The van der Waals surface area contributed by atoms with Gasteiger partial charge < -0.3 is 14.2 Å². The van der Waals surface area contributed by atoms with Crippen molar-refractivity contribution in [2.24, 2.45) is 0 Å². The van der Waals surface area contributed by atoms with Crippen molar-refractivity contribution in [3.8, 4) is 17.6 Å². The van der Waals surface area contributed by atoms with Gasteiger partial charge in [-0.15, -0.1) is 0 Å². The molecule has 0 saturated carbocycles. The number of benzene rings is 1. The molecular weight excluding hydrogens is 282 g/mol. The van der Waals surface area contributed by atoms with Crippen LogP contribution in [0.1, 0.15) is 12.5 Å². The van der Waals surface area contributed by atoms with E-state index in [0.717, 1.165) is 0 Å². The van der Waals surface area contributed by atoms with E-state index in [9.17, 15) is 4.79 Å². The largest absolute Gasteiger partial charge is 0.493 e. The van der Waals surface area contributed by atoms with Crippen molar-refractivity contribution in [3.05, 3.63) is 28.3 Å². The van der Waals surface area contributed by atoms with Crippen LogP contribution in [0, 0.1) is 11.3 Å². The van der Waals surface area contributed by atoms with E-state index in [-0.39, 0.29) is 12.2 Å². The van der Waals surface area contributed by atoms with E-state index in [1.807, 2.05) is 0 Å². The number of methoxy groups -OCH3 is 2. The van der Waals surface area contributed by atoms with Gasteiger partial charge in [0.15, 0.2) is 11.5 Å². The smallest absolute Gasteiger partial charge is 0.348 e. The SMILES string of the molecule is CCOC(=O)/C(C#N)=C/c1cc(Cl)c(OC)c(OC)c1. The highest BCUT2D eigenvalue weighted by Crippen LogP contribution is 2.36. The van der Waals surface area contributed by atoms with Crippen LogP contribution in [0.5, 0.6) is 11.5 Å². The molecule has 5 nitrogen and oxygen atoms in total. The van der Waals surface area contributed by atoms with E-state index >= 15 is 0 Å². The van der Waals surface area contributed by atoms with Gasteiger partial charge in [-0.25, -0.2) is 4.79 Å². The first kappa shape index (κ1) is 15.9. The van der Waals surface area contributed by atoms with E-state index in [2.05, 4.69) is 0 Å². The fraction of sp³-hybridized carbons (Fsp3) is 0.286. The van der Waals surface area contributed by atoms with Gasteiger partial charge in [0.2, 0.25) is 0 Å². The third kappa shape index (κ3) is 3.65. The normalized spacial score (nSPS) is 10.7. The van der Waals surface area contributed by atoms with E-state index in [1.165, 1.54) is 20.3 Å². The number of halogens is 1. The van der Waals surface area contributed by atoms with Crippen LogP contribution in [-0.4, -0.2) is 26.8 Å². The summed E-state index contributed by atoms with van der Waals surface area (Å²) in [6, 6.07) is 4.97. The average molecular weight is 296 g/mol. The second-order valence-electron chi connectivity index (χ2n) is 3.63. The van der Waals surface area contributed by atoms with Crippen LogP contribution < -0.4 is 9.47 Å². The molecule has 0 N–H and O–H groups in total. The Morgan fingerprint density at radius 2 is 2.10 bits per heavy atom. The molecule has 6 heteroatoms. The van der Waals surface area contributed by atoms with E-state index < -0.39 is 5.97 Å². The molecule has 0 atom stereocenters. The molecule has 106 valence electrons. The predicted octanol–water partition coefficient (Wildman–Crippen LogP) is 2.83. The van der Waals surface area contributed by atoms with Crippen molar-refractivity contribution in [2.75, 3.05) is 20.8 Å². The van der Waals surface area contributed by atoms with E-state index in [0.29, 0.717) is 22.1 Å². The number of ether oxygens (including phenoxy) is 3. The Morgan fingerprint density at radius 3 is 2.60 bits per heavy atom. The minimum Gasteiger partial charge on any atom is -0.493 e. The van der Waals surface area contributed by atoms with Crippen molar-refractivity contribution in [1.82, 2.24) is 0 Å². The molecule has 0 heterocycles.